The number of rotatable bonds is 8. The molecule has 148 valence electrons. The summed E-state index contributed by atoms with van der Waals surface area (Å²) < 4.78 is 11.2. The predicted octanol–water partition coefficient (Wildman–Crippen LogP) is 4.64. The molecule has 0 spiro atoms. The maximum Gasteiger partial charge on any atom is 0.344 e. The third-order valence-electron chi connectivity index (χ3n) is 4.39. The summed E-state index contributed by atoms with van der Waals surface area (Å²) in [6.07, 6.45) is 2.78. The lowest BCUT2D eigenvalue weighted by Gasteiger charge is -2.28. The van der Waals surface area contributed by atoms with Crippen LogP contribution in [0.2, 0.25) is 0 Å². The molecule has 1 aromatic carbocycles. The lowest BCUT2D eigenvalue weighted by Crippen LogP contribution is -2.21. The number of nitrogens with two attached hydrogens (primary N) is 1. The van der Waals surface area contributed by atoms with Crippen LogP contribution in [0.25, 0.3) is 0 Å². The van der Waals surface area contributed by atoms with Crippen molar-refractivity contribution in [2.24, 2.45) is 5.73 Å². The number of carbonyl (C=O) groups excluding carboxylic acids is 1. The van der Waals surface area contributed by atoms with E-state index in [-0.39, 0.29) is 23.4 Å². The largest absolute Gasteiger partial charge is 0.481 e. The maximum atomic E-state index is 12.0. The van der Waals surface area contributed by atoms with Crippen LogP contribution in [0, 0.1) is 6.92 Å². The van der Waals surface area contributed by atoms with Crippen LogP contribution in [-0.4, -0.2) is 25.7 Å². The topological polar surface area (TPSA) is 61.5 Å². The third-order valence-corrected chi connectivity index (χ3v) is 4.39. The van der Waals surface area contributed by atoms with Gasteiger partial charge in [-0.2, -0.15) is 0 Å². The molecule has 26 heavy (non-hydrogen) atoms. The van der Waals surface area contributed by atoms with Gasteiger partial charge in [0, 0.05) is 5.56 Å². The van der Waals surface area contributed by atoms with Crippen LogP contribution in [0.15, 0.2) is 12.1 Å². The van der Waals surface area contributed by atoms with E-state index in [0.29, 0.717) is 13.2 Å². The van der Waals surface area contributed by atoms with Gasteiger partial charge in [-0.25, -0.2) is 4.79 Å². The van der Waals surface area contributed by atoms with Crippen LogP contribution in [0.1, 0.15) is 77.5 Å². The molecule has 0 unspecified atom stereocenters. The van der Waals surface area contributed by atoms with E-state index in [1.807, 2.05) is 6.92 Å². The minimum atomic E-state index is -0.322. The number of benzene rings is 1. The Labute approximate surface area is 159 Å². The summed E-state index contributed by atoms with van der Waals surface area (Å²) in [6, 6.07) is 4.36. The zero-order valence-electron chi connectivity index (χ0n) is 17.7. The van der Waals surface area contributed by atoms with Gasteiger partial charge in [-0.15, -0.1) is 0 Å². The van der Waals surface area contributed by atoms with E-state index in [2.05, 4.69) is 53.7 Å². The van der Waals surface area contributed by atoms with Gasteiger partial charge >= 0.3 is 5.97 Å². The van der Waals surface area contributed by atoms with E-state index in [1.165, 1.54) is 5.56 Å². The van der Waals surface area contributed by atoms with Crippen molar-refractivity contribution < 1.29 is 14.3 Å². The van der Waals surface area contributed by atoms with Gasteiger partial charge in [-0.05, 0) is 54.7 Å². The summed E-state index contributed by atoms with van der Waals surface area (Å²) >= 11 is 0. The van der Waals surface area contributed by atoms with E-state index >= 15 is 0 Å². The fraction of sp³-hybridized carbons (Fsp3) is 0.682. The van der Waals surface area contributed by atoms with Gasteiger partial charge in [0.2, 0.25) is 0 Å². The van der Waals surface area contributed by atoms with Gasteiger partial charge in [0.05, 0.1) is 6.61 Å². The first-order valence-electron chi connectivity index (χ1n) is 9.61. The molecule has 2 N–H and O–H groups in total. The molecular weight excluding hydrogens is 326 g/mol. The fourth-order valence-corrected chi connectivity index (χ4v) is 2.74. The average molecular weight is 364 g/mol. The molecule has 0 aliphatic carbocycles. The molecule has 4 nitrogen and oxygen atoms in total. The van der Waals surface area contributed by atoms with Crippen LogP contribution in [0.4, 0.5) is 0 Å². The molecule has 0 amide bonds. The molecule has 0 atom stereocenters. The summed E-state index contributed by atoms with van der Waals surface area (Å²) in [6.45, 7) is 16.2. The van der Waals surface area contributed by atoms with Crippen molar-refractivity contribution in [2.75, 3.05) is 19.8 Å². The van der Waals surface area contributed by atoms with E-state index < -0.39 is 0 Å². The standard InChI is InChI=1S/C22H37NO3/c1-16-13-17(21(2,3)4)14-18(22(5,6)7)20(16)26-15-19(24)25-12-10-8-9-11-23/h13-14H,8-12,15,23H2,1-7H3. The first-order chi connectivity index (χ1) is 12.0. The van der Waals surface area contributed by atoms with Crippen molar-refractivity contribution in [3.63, 3.8) is 0 Å². The summed E-state index contributed by atoms with van der Waals surface area (Å²) in [7, 11) is 0. The van der Waals surface area contributed by atoms with Gasteiger partial charge in [0.15, 0.2) is 6.61 Å². The Hall–Kier alpha value is -1.55. The Kier molecular flexibility index (Phi) is 8.14. The van der Waals surface area contributed by atoms with E-state index in [1.54, 1.807) is 0 Å². The second-order valence-corrected chi connectivity index (χ2v) is 9.03. The van der Waals surface area contributed by atoms with Crippen LogP contribution in [0.3, 0.4) is 0 Å². The molecule has 0 heterocycles. The first-order valence-corrected chi connectivity index (χ1v) is 9.61. The average Bonchev–Trinajstić information content (AvgIpc) is 2.51. The van der Waals surface area contributed by atoms with Crippen LogP contribution >= 0.6 is 0 Å². The van der Waals surface area contributed by atoms with Crippen molar-refractivity contribution in [2.45, 2.75) is 78.6 Å². The monoisotopic (exact) mass is 363 g/mol. The molecule has 0 aliphatic rings. The third kappa shape index (κ3) is 6.99. The molecule has 0 bridgehead atoms. The normalized spacial score (nSPS) is 12.2. The lowest BCUT2D eigenvalue weighted by atomic mass is 9.79. The highest BCUT2D eigenvalue weighted by molar-refractivity contribution is 5.71. The van der Waals surface area contributed by atoms with Gasteiger partial charge in [-0.1, -0.05) is 53.7 Å². The van der Waals surface area contributed by atoms with Crippen molar-refractivity contribution in [3.05, 3.63) is 28.8 Å². The van der Waals surface area contributed by atoms with Gasteiger partial charge < -0.3 is 15.2 Å². The molecule has 1 aromatic rings. The van der Waals surface area contributed by atoms with E-state index in [4.69, 9.17) is 15.2 Å². The Bertz CT molecular complexity index is 595. The number of esters is 1. The van der Waals surface area contributed by atoms with Crippen molar-refractivity contribution in [1.82, 2.24) is 0 Å². The van der Waals surface area contributed by atoms with Crippen LogP contribution in [-0.2, 0) is 20.4 Å². The van der Waals surface area contributed by atoms with Crippen molar-refractivity contribution >= 4 is 5.97 Å². The second-order valence-electron chi connectivity index (χ2n) is 9.03. The predicted molar refractivity (Wildman–Crippen MR) is 108 cm³/mol. The molecule has 0 saturated heterocycles. The second kappa shape index (κ2) is 9.40. The zero-order valence-corrected chi connectivity index (χ0v) is 17.7. The summed E-state index contributed by atoms with van der Waals surface area (Å²) in [5.74, 6) is 0.475. The summed E-state index contributed by atoms with van der Waals surface area (Å²) in [4.78, 5) is 12.0. The van der Waals surface area contributed by atoms with Crippen molar-refractivity contribution in [1.29, 1.82) is 0 Å². The first kappa shape index (κ1) is 22.5. The van der Waals surface area contributed by atoms with Crippen LogP contribution in [0.5, 0.6) is 5.75 Å². The highest BCUT2D eigenvalue weighted by Crippen LogP contribution is 2.38. The van der Waals surface area contributed by atoms with Crippen molar-refractivity contribution in [3.8, 4) is 5.75 Å². The maximum absolute atomic E-state index is 12.0. The molecular formula is C22H37NO3. The Balaban J connectivity index is 2.84. The Morgan fingerprint density at radius 3 is 2.19 bits per heavy atom. The summed E-state index contributed by atoms with van der Waals surface area (Å²) in [5, 5.41) is 0. The number of carbonyl (C=O) groups is 1. The molecule has 1 rings (SSSR count). The molecule has 0 aromatic heterocycles. The number of aryl methyl sites for hydroxylation is 1. The lowest BCUT2D eigenvalue weighted by molar-refractivity contribution is -0.146. The van der Waals surface area contributed by atoms with Gasteiger partial charge in [0.1, 0.15) is 5.75 Å². The molecule has 0 fully saturated rings. The minimum Gasteiger partial charge on any atom is -0.481 e. The quantitative estimate of drug-likeness (QED) is 0.540. The molecule has 0 saturated carbocycles. The number of hydrogen-bond acceptors (Lipinski definition) is 4. The zero-order chi connectivity index (χ0) is 20.0. The fourth-order valence-electron chi connectivity index (χ4n) is 2.74. The highest BCUT2D eigenvalue weighted by Gasteiger charge is 2.25. The SMILES string of the molecule is Cc1cc(C(C)(C)C)cc(C(C)(C)C)c1OCC(=O)OCCCCCN. The molecule has 4 heteroatoms. The number of unbranched alkanes of at least 4 members (excludes halogenated alkanes) is 2. The van der Waals surface area contributed by atoms with Gasteiger partial charge in [-0.3, -0.25) is 0 Å². The number of hydrogen-bond donors (Lipinski definition) is 1. The Morgan fingerprint density at radius 2 is 1.65 bits per heavy atom. The molecule has 0 aliphatic heterocycles. The van der Waals surface area contributed by atoms with E-state index in [0.717, 1.165) is 36.1 Å². The van der Waals surface area contributed by atoms with E-state index in [9.17, 15) is 4.79 Å². The minimum absolute atomic E-state index is 0.0598. The van der Waals surface area contributed by atoms with Gasteiger partial charge in [0.25, 0.3) is 0 Å². The van der Waals surface area contributed by atoms with Crippen LogP contribution < -0.4 is 10.5 Å². The number of ether oxygens (including phenoxy) is 2. The smallest absolute Gasteiger partial charge is 0.344 e. The highest BCUT2D eigenvalue weighted by atomic mass is 16.6. The summed E-state index contributed by atoms with van der Waals surface area (Å²) in [5.41, 5.74) is 8.89. The molecule has 0 radical (unpaired) electrons. The Morgan fingerprint density at radius 1 is 1.00 bits per heavy atom.